The van der Waals surface area contributed by atoms with E-state index in [9.17, 15) is 17.6 Å². The summed E-state index contributed by atoms with van der Waals surface area (Å²) >= 11 is 0. The van der Waals surface area contributed by atoms with Crippen LogP contribution in [0, 0.1) is 5.82 Å². The number of halogens is 1. The summed E-state index contributed by atoms with van der Waals surface area (Å²) in [6, 6.07) is 16.7. The highest BCUT2D eigenvalue weighted by molar-refractivity contribution is 7.90. The first kappa shape index (κ1) is 18.5. The molecule has 27 heavy (non-hydrogen) atoms. The predicted molar refractivity (Wildman–Crippen MR) is 97.5 cm³/mol. The first-order valence-corrected chi connectivity index (χ1v) is 9.55. The zero-order valence-corrected chi connectivity index (χ0v) is 14.8. The van der Waals surface area contributed by atoms with Crippen LogP contribution in [0.4, 0.5) is 4.39 Å². The van der Waals surface area contributed by atoms with E-state index in [0.717, 1.165) is 6.21 Å². The van der Waals surface area contributed by atoms with Crippen molar-refractivity contribution < 1.29 is 22.0 Å². The van der Waals surface area contributed by atoms with Crippen molar-refractivity contribution in [1.82, 2.24) is 5.43 Å². The Morgan fingerprint density at radius 3 is 2.48 bits per heavy atom. The minimum absolute atomic E-state index is 0.0982. The van der Waals surface area contributed by atoms with Gasteiger partial charge in [0.05, 0.1) is 11.1 Å². The number of hydrazone groups is 1. The van der Waals surface area contributed by atoms with Gasteiger partial charge in [0.25, 0.3) is 0 Å². The lowest BCUT2D eigenvalue weighted by Crippen LogP contribution is -2.17. The molecular weight excluding hydrogens is 371 g/mol. The van der Waals surface area contributed by atoms with Crippen molar-refractivity contribution in [3.05, 3.63) is 89.6 Å². The Kier molecular flexibility index (Phi) is 5.46. The summed E-state index contributed by atoms with van der Waals surface area (Å²) in [5.41, 5.74) is 2.42. The monoisotopic (exact) mass is 386 g/mol. The molecule has 6 nitrogen and oxygen atoms in total. The summed E-state index contributed by atoms with van der Waals surface area (Å²) in [7, 11) is -3.58. The molecule has 0 saturated carbocycles. The number of rotatable bonds is 6. The molecule has 0 radical (unpaired) electrons. The molecule has 0 fully saturated rings. The van der Waals surface area contributed by atoms with Crippen LogP contribution in [-0.2, 0) is 15.6 Å². The highest BCUT2D eigenvalue weighted by Gasteiger charge is 2.19. The number of carbonyl (C=O) groups excluding carboxylic acids is 1. The second-order valence-electron chi connectivity index (χ2n) is 5.56. The van der Waals surface area contributed by atoms with Crippen LogP contribution in [0.5, 0.6) is 0 Å². The Labute approximate surface area is 155 Å². The largest absolute Gasteiger partial charge is 0.455 e. The highest BCUT2D eigenvalue weighted by atomic mass is 32.2. The summed E-state index contributed by atoms with van der Waals surface area (Å²) in [4.78, 5) is 12.2. The molecule has 3 aromatic rings. The fourth-order valence-corrected chi connectivity index (χ4v) is 3.54. The van der Waals surface area contributed by atoms with Crippen molar-refractivity contribution >= 4 is 22.0 Å². The molecule has 8 heteroatoms. The third-order valence-corrected chi connectivity index (χ3v) is 5.25. The van der Waals surface area contributed by atoms with Gasteiger partial charge in [-0.1, -0.05) is 36.4 Å². The van der Waals surface area contributed by atoms with E-state index < -0.39 is 21.6 Å². The molecule has 0 spiro atoms. The van der Waals surface area contributed by atoms with E-state index in [1.807, 2.05) is 0 Å². The summed E-state index contributed by atoms with van der Waals surface area (Å²) in [6.45, 7) is 0. The zero-order valence-electron chi connectivity index (χ0n) is 14.0. The number of nitrogens with one attached hydrogen (secondary N) is 1. The maximum absolute atomic E-state index is 13.5. The average Bonchev–Trinajstić information content (AvgIpc) is 3.12. The number of hydrogen-bond donors (Lipinski definition) is 1. The smallest absolute Gasteiger partial charge is 0.307 e. The van der Waals surface area contributed by atoms with Crippen LogP contribution in [0.3, 0.4) is 0 Å². The standard InChI is InChI=1S/C19H15FN2O4S/c20-17-9-5-4-6-14(17)12-21-22-19(23)18-11-10-15(26-18)13-27(24,25)16-7-2-1-3-8-16/h1-12H,13H2,(H,22,23)/b21-12-. The van der Waals surface area contributed by atoms with Gasteiger partial charge in [0.1, 0.15) is 17.3 Å². The van der Waals surface area contributed by atoms with Crippen molar-refractivity contribution in [2.45, 2.75) is 10.6 Å². The molecule has 0 atom stereocenters. The summed E-state index contributed by atoms with van der Waals surface area (Å²) in [5.74, 6) is -1.49. The summed E-state index contributed by atoms with van der Waals surface area (Å²) < 4.78 is 43.4. The Morgan fingerprint density at radius 2 is 1.74 bits per heavy atom. The normalized spacial score (nSPS) is 11.6. The lowest BCUT2D eigenvalue weighted by atomic mass is 10.2. The molecule has 3 rings (SSSR count). The van der Waals surface area contributed by atoms with Crippen LogP contribution in [-0.4, -0.2) is 20.5 Å². The van der Waals surface area contributed by atoms with E-state index in [2.05, 4.69) is 10.5 Å². The van der Waals surface area contributed by atoms with Crippen molar-refractivity contribution in [3.8, 4) is 0 Å². The number of benzene rings is 2. The topological polar surface area (TPSA) is 88.7 Å². The second-order valence-corrected chi connectivity index (χ2v) is 7.55. The zero-order chi connectivity index (χ0) is 19.3. The number of furan rings is 1. The molecule has 138 valence electrons. The molecular formula is C19H15FN2O4S. The van der Waals surface area contributed by atoms with E-state index in [-0.39, 0.29) is 27.7 Å². The molecule has 1 aromatic heterocycles. The minimum Gasteiger partial charge on any atom is -0.455 e. The minimum atomic E-state index is -3.58. The lowest BCUT2D eigenvalue weighted by molar-refractivity contribution is 0.0926. The Bertz CT molecular complexity index is 1080. The number of sulfone groups is 1. The van der Waals surface area contributed by atoms with Crippen LogP contribution in [0.15, 0.2) is 81.1 Å². The Hall–Kier alpha value is -3.26. The molecule has 0 aliphatic rings. The van der Waals surface area contributed by atoms with Crippen LogP contribution in [0.2, 0.25) is 0 Å². The fourth-order valence-electron chi connectivity index (χ4n) is 2.27. The molecule has 0 aliphatic carbocycles. The molecule has 0 unspecified atom stereocenters. The molecule has 0 bridgehead atoms. The van der Waals surface area contributed by atoms with Gasteiger partial charge in [0.15, 0.2) is 15.6 Å². The van der Waals surface area contributed by atoms with Gasteiger partial charge in [-0.25, -0.2) is 18.2 Å². The number of hydrogen-bond acceptors (Lipinski definition) is 5. The summed E-state index contributed by atoms with van der Waals surface area (Å²) in [6.07, 6.45) is 1.16. The first-order chi connectivity index (χ1) is 13.0. The number of amides is 1. The van der Waals surface area contributed by atoms with E-state index in [4.69, 9.17) is 4.42 Å². The van der Waals surface area contributed by atoms with Crippen molar-refractivity contribution in [3.63, 3.8) is 0 Å². The highest BCUT2D eigenvalue weighted by Crippen LogP contribution is 2.18. The first-order valence-electron chi connectivity index (χ1n) is 7.90. The predicted octanol–water partition coefficient (Wildman–Crippen LogP) is 3.16. The number of carbonyl (C=O) groups is 1. The van der Waals surface area contributed by atoms with Gasteiger partial charge in [-0.05, 0) is 30.3 Å². The van der Waals surface area contributed by atoms with Crippen molar-refractivity contribution in [1.29, 1.82) is 0 Å². The molecule has 2 aromatic carbocycles. The SMILES string of the molecule is O=C(N/N=C\c1ccccc1F)c1ccc(CS(=O)(=O)c2ccccc2)o1. The molecule has 0 aliphatic heterocycles. The maximum atomic E-state index is 13.5. The van der Waals surface area contributed by atoms with E-state index in [1.54, 1.807) is 30.3 Å². The Morgan fingerprint density at radius 1 is 1.04 bits per heavy atom. The third-order valence-electron chi connectivity index (χ3n) is 3.59. The fraction of sp³-hybridized carbons (Fsp3) is 0.0526. The third kappa shape index (κ3) is 4.68. The van der Waals surface area contributed by atoms with Crippen LogP contribution >= 0.6 is 0 Å². The van der Waals surface area contributed by atoms with Crippen LogP contribution < -0.4 is 5.43 Å². The average molecular weight is 386 g/mol. The van der Waals surface area contributed by atoms with Crippen molar-refractivity contribution in [2.24, 2.45) is 5.10 Å². The molecule has 0 saturated heterocycles. The quantitative estimate of drug-likeness (QED) is 0.521. The molecule has 1 amide bonds. The maximum Gasteiger partial charge on any atom is 0.307 e. The number of nitrogens with zero attached hydrogens (tertiary/aromatic N) is 1. The van der Waals surface area contributed by atoms with Gasteiger partial charge >= 0.3 is 5.91 Å². The van der Waals surface area contributed by atoms with Gasteiger partial charge in [-0.15, -0.1) is 0 Å². The summed E-state index contributed by atoms with van der Waals surface area (Å²) in [5, 5.41) is 3.67. The van der Waals surface area contributed by atoms with Crippen LogP contribution in [0.25, 0.3) is 0 Å². The van der Waals surface area contributed by atoms with E-state index in [0.29, 0.717) is 0 Å². The molecule has 1 heterocycles. The van der Waals surface area contributed by atoms with Crippen LogP contribution in [0.1, 0.15) is 21.9 Å². The molecule has 1 N–H and O–H groups in total. The van der Waals surface area contributed by atoms with Gasteiger partial charge < -0.3 is 4.42 Å². The van der Waals surface area contributed by atoms with E-state index >= 15 is 0 Å². The van der Waals surface area contributed by atoms with Gasteiger partial charge in [0, 0.05) is 5.56 Å². The lowest BCUT2D eigenvalue weighted by Gasteiger charge is -2.02. The Balaban J connectivity index is 1.65. The second kappa shape index (κ2) is 7.96. The van der Waals surface area contributed by atoms with Gasteiger partial charge in [-0.2, -0.15) is 5.10 Å². The van der Waals surface area contributed by atoms with Gasteiger partial charge in [0.2, 0.25) is 0 Å². The van der Waals surface area contributed by atoms with Gasteiger partial charge in [-0.3, -0.25) is 4.79 Å². The van der Waals surface area contributed by atoms with Crippen molar-refractivity contribution in [2.75, 3.05) is 0 Å². The van der Waals surface area contributed by atoms with E-state index in [1.165, 1.54) is 36.4 Å².